The van der Waals surface area contributed by atoms with Gasteiger partial charge in [0, 0.05) is 23.7 Å². The molecule has 0 atom stereocenters. The highest BCUT2D eigenvalue weighted by Crippen LogP contribution is 2.38. The molecule has 1 aromatic heterocycles. The molecule has 3 rings (SSSR count). The Morgan fingerprint density at radius 1 is 1.17 bits per heavy atom. The number of benzene rings is 1. The first kappa shape index (κ1) is 11.7. The Bertz CT molecular complexity index is 583. The van der Waals surface area contributed by atoms with Crippen molar-refractivity contribution in [3.63, 3.8) is 0 Å². The minimum Gasteiger partial charge on any atom is -0.342 e. The van der Waals surface area contributed by atoms with Gasteiger partial charge in [0.05, 0.1) is 5.52 Å². The van der Waals surface area contributed by atoms with E-state index in [0.29, 0.717) is 11.6 Å². The van der Waals surface area contributed by atoms with Crippen molar-refractivity contribution in [3.05, 3.63) is 36.0 Å². The van der Waals surface area contributed by atoms with Crippen molar-refractivity contribution >= 4 is 10.9 Å². The summed E-state index contributed by atoms with van der Waals surface area (Å²) in [5.74, 6) is -1.50. The molecule has 0 amide bonds. The smallest absolute Gasteiger partial charge is 0.183 e. The number of rotatable bonds is 2. The maximum atomic E-state index is 13.9. The zero-order chi connectivity index (χ0) is 12.9. The van der Waals surface area contributed by atoms with E-state index < -0.39 is 11.6 Å². The van der Waals surface area contributed by atoms with Gasteiger partial charge in [-0.15, -0.1) is 0 Å². The summed E-state index contributed by atoms with van der Waals surface area (Å²) in [6.07, 6.45) is 3.85. The van der Waals surface area contributed by atoms with Crippen LogP contribution in [0.2, 0.25) is 0 Å². The van der Waals surface area contributed by atoms with E-state index in [0.717, 1.165) is 18.2 Å². The summed E-state index contributed by atoms with van der Waals surface area (Å²) >= 11 is 0. The zero-order valence-electron chi connectivity index (χ0n) is 10.5. The molecule has 96 valence electrons. The van der Waals surface area contributed by atoms with Crippen LogP contribution in [0.3, 0.4) is 0 Å². The highest BCUT2D eigenvalue weighted by atomic mass is 19.2. The maximum absolute atomic E-state index is 13.9. The quantitative estimate of drug-likeness (QED) is 0.794. The number of nitrogens with zero attached hydrogens (tertiary/aromatic N) is 2. The lowest BCUT2D eigenvalue weighted by Gasteiger charge is -2.40. The minimum absolute atomic E-state index is 0.284. The molecule has 4 heteroatoms. The Morgan fingerprint density at radius 2 is 1.89 bits per heavy atom. The molecule has 1 aliphatic carbocycles. The van der Waals surface area contributed by atoms with E-state index in [4.69, 9.17) is 0 Å². The van der Waals surface area contributed by atoms with Gasteiger partial charge in [0.2, 0.25) is 0 Å². The first-order chi connectivity index (χ1) is 8.58. The van der Waals surface area contributed by atoms with Crippen molar-refractivity contribution < 1.29 is 8.78 Å². The molecule has 0 unspecified atom stereocenters. The standard InChI is InChI=1S/C14H16F2N2/c1-17(2)10-7-11(8-10)18-6-5-9-3-4-12(15)13(16)14(9)18/h3-6,10-11H,7-8H2,1-2H3. The molecule has 1 heterocycles. The average molecular weight is 250 g/mol. The van der Waals surface area contributed by atoms with Crippen molar-refractivity contribution in [1.29, 1.82) is 0 Å². The molecular weight excluding hydrogens is 234 g/mol. The van der Waals surface area contributed by atoms with Crippen LogP contribution >= 0.6 is 0 Å². The maximum Gasteiger partial charge on any atom is 0.183 e. The molecule has 0 radical (unpaired) electrons. The van der Waals surface area contributed by atoms with E-state index in [1.54, 1.807) is 6.07 Å². The summed E-state index contributed by atoms with van der Waals surface area (Å²) in [5.41, 5.74) is 0.400. The summed E-state index contributed by atoms with van der Waals surface area (Å²) < 4.78 is 29.0. The Kier molecular flexibility index (Phi) is 2.63. The van der Waals surface area contributed by atoms with Crippen molar-refractivity contribution in [2.24, 2.45) is 0 Å². The van der Waals surface area contributed by atoms with Crippen LogP contribution in [0.1, 0.15) is 18.9 Å². The molecule has 0 aliphatic heterocycles. The minimum atomic E-state index is -0.772. The van der Waals surface area contributed by atoms with Gasteiger partial charge >= 0.3 is 0 Å². The third-order valence-electron chi connectivity index (χ3n) is 3.99. The average Bonchev–Trinajstić information content (AvgIpc) is 2.66. The van der Waals surface area contributed by atoms with Crippen LogP contribution in [-0.2, 0) is 0 Å². The van der Waals surface area contributed by atoms with Crippen LogP contribution in [0.5, 0.6) is 0 Å². The molecule has 2 nitrogen and oxygen atoms in total. The fourth-order valence-corrected chi connectivity index (χ4v) is 2.70. The number of hydrogen-bond acceptors (Lipinski definition) is 1. The van der Waals surface area contributed by atoms with Gasteiger partial charge in [-0.3, -0.25) is 0 Å². The largest absolute Gasteiger partial charge is 0.342 e. The summed E-state index contributed by atoms with van der Waals surface area (Å²) in [6, 6.07) is 5.49. The lowest BCUT2D eigenvalue weighted by atomic mass is 9.85. The van der Waals surface area contributed by atoms with E-state index >= 15 is 0 Å². The van der Waals surface area contributed by atoms with E-state index in [9.17, 15) is 8.78 Å². The second kappa shape index (κ2) is 4.05. The molecule has 0 N–H and O–H groups in total. The van der Waals surface area contributed by atoms with Gasteiger partial charge in [-0.2, -0.15) is 0 Å². The first-order valence-corrected chi connectivity index (χ1v) is 6.19. The van der Waals surface area contributed by atoms with Crippen molar-refractivity contribution in [2.75, 3.05) is 14.1 Å². The van der Waals surface area contributed by atoms with Crippen LogP contribution in [0.4, 0.5) is 8.78 Å². The molecule has 1 aromatic carbocycles. The number of aromatic nitrogens is 1. The normalized spacial score (nSPS) is 23.6. The fraction of sp³-hybridized carbons (Fsp3) is 0.429. The Morgan fingerprint density at radius 3 is 2.56 bits per heavy atom. The van der Waals surface area contributed by atoms with Gasteiger partial charge in [-0.25, -0.2) is 8.78 Å². The van der Waals surface area contributed by atoms with E-state index in [2.05, 4.69) is 19.0 Å². The fourth-order valence-electron chi connectivity index (χ4n) is 2.70. The van der Waals surface area contributed by atoms with Gasteiger partial charge in [0.25, 0.3) is 0 Å². The molecule has 1 saturated carbocycles. The Balaban J connectivity index is 1.97. The Labute approximate surface area is 105 Å². The lowest BCUT2D eigenvalue weighted by Crippen LogP contribution is -2.41. The molecule has 0 spiro atoms. The molecule has 1 aliphatic rings. The van der Waals surface area contributed by atoms with Crippen LogP contribution in [0.15, 0.2) is 24.4 Å². The molecular formula is C14H16F2N2. The van der Waals surface area contributed by atoms with Crippen LogP contribution in [0.25, 0.3) is 10.9 Å². The number of fused-ring (bicyclic) bond motifs is 1. The predicted octanol–water partition coefficient (Wildman–Crippen LogP) is 3.18. The van der Waals surface area contributed by atoms with Gasteiger partial charge in [-0.05, 0) is 45.1 Å². The van der Waals surface area contributed by atoms with Crippen LogP contribution in [0, 0.1) is 11.6 Å². The van der Waals surface area contributed by atoms with Gasteiger partial charge < -0.3 is 9.47 Å². The van der Waals surface area contributed by atoms with Gasteiger partial charge in [0.1, 0.15) is 0 Å². The first-order valence-electron chi connectivity index (χ1n) is 6.19. The van der Waals surface area contributed by atoms with Crippen molar-refractivity contribution in [3.8, 4) is 0 Å². The molecule has 1 fully saturated rings. The highest BCUT2D eigenvalue weighted by molar-refractivity contribution is 5.81. The summed E-state index contributed by atoms with van der Waals surface area (Å²) in [4.78, 5) is 2.18. The molecule has 0 saturated heterocycles. The monoisotopic (exact) mass is 250 g/mol. The van der Waals surface area contributed by atoms with Crippen molar-refractivity contribution in [1.82, 2.24) is 9.47 Å². The third kappa shape index (κ3) is 1.63. The summed E-state index contributed by atoms with van der Waals surface area (Å²) in [7, 11) is 4.10. The van der Waals surface area contributed by atoms with E-state index in [1.165, 1.54) is 6.07 Å². The summed E-state index contributed by atoms with van der Waals surface area (Å²) in [6.45, 7) is 0. The lowest BCUT2D eigenvalue weighted by molar-refractivity contribution is 0.131. The Hall–Kier alpha value is -1.42. The number of halogens is 2. The second-order valence-corrected chi connectivity index (χ2v) is 5.26. The molecule has 2 aromatic rings. The highest BCUT2D eigenvalue weighted by Gasteiger charge is 2.32. The number of hydrogen-bond donors (Lipinski definition) is 0. The topological polar surface area (TPSA) is 8.17 Å². The van der Waals surface area contributed by atoms with Gasteiger partial charge in [-0.1, -0.05) is 0 Å². The zero-order valence-corrected chi connectivity index (χ0v) is 10.5. The van der Waals surface area contributed by atoms with E-state index in [-0.39, 0.29) is 6.04 Å². The summed E-state index contributed by atoms with van der Waals surface area (Å²) in [5, 5.41) is 0.766. The third-order valence-corrected chi connectivity index (χ3v) is 3.99. The van der Waals surface area contributed by atoms with E-state index in [1.807, 2.05) is 16.8 Å². The van der Waals surface area contributed by atoms with Crippen molar-refractivity contribution in [2.45, 2.75) is 24.9 Å². The second-order valence-electron chi connectivity index (χ2n) is 5.26. The van der Waals surface area contributed by atoms with Crippen LogP contribution < -0.4 is 0 Å². The predicted molar refractivity (Wildman–Crippen MR) is 67.6 cm³/mol. The molecule has 0 bridgehead atoms. The SMILES string of the molecule is CN(C)C1CC(n2ccc3ccc(F)c(F)c32)C1. The molecule has 18 heavy (non-hydrogen) atoms. The van der Waals surface area contributed by atoms with Crippen LogP contribution in [-0.4, -0.2) is 29.6 Å². The van der Waals surface area contributed by atoms with Gasteiger partial charge in [0.15, 0.2) is 11.6 Å².